The Kier molecular flexibility index (Phi) is 6.00. The van der Waals surface area contributed by atoms with E-state index in [1.807, 2.05) is 0 Å². The van der Waals surface area contributed by atoms with Crippen molar-refractivity contribution in [3.63, 3.8) is 0 Å². The van der Waals surface area contributed by atoms with Crippen LogP contribution in [0.5, 0.6) is 0 Å². The van der Waals surface area contributed by atoms with Gasteiger partial charge in [-0.15, -0.1) is 0 Å². The standard InChI is InChI=1S/C15H15Cl2N3O2/c16-13-2-1-11(9-14(13)17)10-20(7-8-21)15(22)19-12-3-5-18-6-4-12/h1-6,9,21H,7-8,10H2,(H,18,19,22). The monoisotopic (exact) mass is 339 g/mol. The number of rotatable bonds is 5. The van der Waals surface area contributed by atoms with Gasteiger partial charge in [0.1, 0.15) is 0 Å². The van der Waals surface area contributed by atoms with E-state index in [0.717, 1.165) is 5.56 Å². The van der Waals surface area contributed by atoms with Crippen LogP contribution in [-0.2, 0) is 6.54 Å². The van der Waals surface area contributed by atoms with Crippen molar-refractivity contribution in [2.75, 3.05) is 18.5 Å². The van der Waals surface area contributed by atoms with Crippen molar-refractivity contribution in [2.45, 2.75) is 6.54 Å². The molecular formula is C15H15Cl2N3O2. The first-order valence-electron chi connectivity index (χ1n) is 6.61. The minimum atomic E-state index is -0.314. The Hall–Kier alpha value is -1.82. The molecule has 0 spiro atoms. The van der Waals surface area contributed by atoms with Gasteiger partial charge in [0.05, 0.1) is 16.7 Å². The predicted molar refractivity (Wildman–Crippen MR) is 87.2 cm³/mol. The molecule has 5 nitrogen and oxygen atoms in total. The fourth-order valence-corrected chi connectivity index (χ4v) is 2.19. The van der Waals surface area contributed by atoms with E-state index < -0.39 is 0 Å². The molecule has 0 bridgehead atoms. The molecule has 0 aliphatic rings. The maximum Gasteiger partial charge on any atom is 0.322 e. The molecule has 1 aromatic heterocycles. The van der Waals surface area contributed by atoms with Gasteiger partial charge < -0.3 is 15.3 Å². The highest BCUT2D eigenvalue weighted by Gasteiger charge is 2.14. The van der Waals surface area contributed by atoms with Crippen LogP contribution in [0.3, 0.4) is 0 Å². The first-order valence-corrected chi connectivity index (χ1v) is 7.36. The summed E-state index contributed by atoms with van der Waals surface area (Å²) in [6, 6.07) is 8.23. The lowest BCUT2D eigenvalue weighted by Crippen LogP contribution is -2.36. The molecule has 0 saturated heterocycles. The van der Waals surface area contributed by atoms with E-state index in [2.05, 4.69) is 10.3 Å². The number of carbonyl (C=O) groups excluding carboxylic acids is 1. The van der Waals surface area contributed by atoms with E-state index in [0.29, 0.717) is 22.3 Å². The van der Waals surface area contributed by atoms with Crippen LogP contribution in [-0.4, -0.2) is 34.2 Å². The second-order valence-corrected chi connectivity index (χ2v) is 5.37. The summed E-state index contributed by atoms with van der Waals surface area (Å²) < 4.78 is 0. The van der Waals surface area contributed by atoms with Gasteiger partial charge in [-0.1, -0.05) is 29.3 Å². The fourth-order valence-electron chi connectivity index (χ4n) is 1.87. The number of aliphatic hydroxyl groups is 1. The molecule has 7 heteroatoms. The van der Waals surface area contributed by atoms with Gasteiger partial charge in [0.25, 0.3) is 0 Å². The molecule has 0 aliphatic carbocycles. The fraction of sp³-hybridized carbons (Fsp3) is 0.200. The number of nitrogens with zero attached hydrogens (tertiary/aromatic N) is 2. The van der Waals surface area contributed by atoms with Crippen molar-refractivity contribution in [1.29, 1.82) is 0 Å². The lowest BCUT2D eigenvalue weighted by Gasteiger charge is -2.22. The highest BCUT2D eigenvalue weighted by atomic mass is 35.5. The van der Waals surface area contributed by atoms with E-state index in [-0.39, 0.29) is 19.2 Å². The number of anilines is 1. The van der Waals surface area contributed by atoms with Gasteiger partial charge in [-0.3, -0.25) is 4.98 Å². The number of pyridine rings is 1. The molecule has 1 aromatic carbocycles. The Balaban J connectivity index is 2.08. The molecule has 2 N–H and O–H groups in total. The van der Waals surface area contributed by atoms with E-state index in [1.54, 1.807) is 42.7 Å². The first-order chi connectivity index (χ1) is 10.6. The second kappa shape index (κ2) is 7.98. The van der Waals surface area contributed by atoms with Crippen LogP contribution in [0.25, 0.3) is 0 Å². The SMILES string of the molecule is O=C(Nc1ccncc1)N(CCO)Cc1ccc(Cl)c(Cl)c1. The third-order valence-corrected chi connectivity index (χ3v) is 3.69. The van der Waals surface area contributed by atoms with Crippen molar-refractivity contribution in [1.82, 2.24) is 9.88 Å². The molecule has 2 amide bonds. The molecule has 0 aliphatic heterocycles. The van der Waals surface area contributed by atoms with Crippen LogP contribution >= 0.6 is 23.2 Å². The number of benzene rings is 1. The summed E-state index contributed by atoms with van der Waals surface area (Å²) in [4.78, 5) is 17.7. The minimum Gasteiger partial charge on any atom is -0.395 e. The topological polar surface area (TPSA) is 65.5 Å². The van der Waals surface area contributed by atoms with Crippen LogP contribution in [0.2, 0.25) is 10.0 Å². The number of hydrogen-bond acceptors (Lipinski definition) is 3. The van der Waals surface area contributed by atoms with Crippen LogP contribution in [0.4, 0.5) is 10.5 Å². The maximum atomic E-state index is 12.3. The average molecular weight is 340 g/mol. The highest BCUT2D eigenvalue weighted by molar-refractivity contribution is 6.42. The molecule has 0 atom stereocenters. The number of aromatic nitrogens is 1. The first kappa shape index (κ1) is 16.5. The van der Waals surface area contributed by atoms with Crippen molar-refractivity contribution in [3.8, 4) is 0 Å². The Labute approximate surface area is 138 Å². The molecule has 116 valence electrons. The Morgan fingerprint density at radius 2 is 1.91 bits per heavy atom. The maximum absolute atomic E-state index is 12.3. The number of aliphatic hydroxyl groups excluding tert-OH is 1. The molecule has 22 heavy (non-hydrogen) atoms. The lowest BCUT2D eigenvalue weighted by molar-refractivity contribution is 0.185. The van der Waals surface area contributed by atoms with Crippen molar-refractivity contribution in [2.24, 2.45) is 0 Å². The van der Waals surface area contributed by atoms with Gasteiger partial charge in [-0.05, 0) is 29.8 Å². The van der Waals surface area contributed by atoms with Gasteiger partial charge in [-0.25, -0.2) is 4.79 Å². The molecular weight excluding hydrogens is 325 g/mol. The summed E-state index contributed by atoms with van der Waals surface area (Å²) in [5.41, 5.74) is 1.46. The smallest absolute Gasteiger partial charge is 0.322 e. The zero-order valence-corrected chi connectivity index (χ0v) is 13.2. The number of amides is 2. The average Bonchev–Trinajstić information content (AvgIpc) is 2.51. The van der Waals surface area contributed by atoms with Crippen LogP contribution in [0.1, 0.15) is 5.56 Å². The normalized spacial score (nSPS) is 10.3. The van der Waals surface area contributed by atoms with Crippen molar-refractivity contribution < 1.29 is 9.90 Å². The largest absolute Gasteiger partial charge is 0.395 e. The predicted octanol–water partition coefficient (Wildman–Crippen LogP) is 3.41. The molecule has 2 aromatic rings. The van der Waals surface area contributed by atoms with E-state index >= 15 is 0 Å². The molecule has 2 rings (SSSR count). The molecule has 0 fully saturated rings. The summed E-state index contributed by atoms with van der Waals surface area (Å²) in [5, 5.41) is 12.8. The van der Waals surface area contributed by atoms with E-state index in [4.69, 9.17) is 28.3 Å². The summed E-state index contributed by atoms with van der Waals surface area (Å²) in [7, 11) is 0. The third-order valence-electron chi connectivity index (χ3n) is 2.95. The molecule has 0 radical (unpaired) electrons. The number of urea groups is 1. The molecule has 0 unspecified atom stereocenters. The molecule has 0 saturated carbocycles. The van der Waals surface area contributed by atoms with Crippen molar-refractivity contribution in [3.05, 3.63) is 58.3 Å². The minimum absolute atomic E-state index is 0.134. The summed E-state index contributed by atoms with van der Waals surface area (Å²) >= 11 is 11.9. The van der Waals surface area contributed by atoms with Crippen LogP contribution in [0.15, 0.2) is 42.7 Å². The second-order valence-electron chi connectivity index (χ2n) is 4.56. The molecule has 1 heterocycles. The van der Waals surface area contributed by atoms with Gasteiger partial charge in [0.2, 0.25) is 0 Å². The summed E-state index contributed by atoms with van der Waals surface area (Å²) in [5.74, 6) is 0. The van der Waals surface area contributed by atoms with Gasteiger partial charge in [-0.2, -0.15) is 0 Å². The Morgan fingerprint density at radius 3 is 2.55 bits per heavy atom. The zero-order chi connectivity index (χ0) is 15.9. The Bertz CT molecular complexity index is 638. The zero-order valence-electron chi connectivity index (χ0n) is 11.7. The van der Waals surface area contributed by atoms with Crippen LogP contribution in [0, 0.1) is 0 Å². The highest BCUT2D eigenvalue weighted by Crippen LogP contribution is 2.23. The number of carbonyl (C=O) groups is 1. The number of halogens is 2. The quantitative estimate of drug-likeness (QED) is 0.877. The van der Waals surface area contributed by atoms with Gasteiger partial charge in [0.15, 0.2) is 0 Å². The lowest BCUT2D eigenvalue weighted by atomic mass is 10.2. The van der Waals surface area contributed by atoms with Crippen molar-refractivity contribution >= 4 is 34.9 Å². The van der Waals surface area contributed by atoms with Gasteiger partial charge >= 0.3 is 6.03 Å². The van der Waals surface area contributed by atoms with E-state index in [1.165, 1.54) is 4.90 Å². The van der Waals surface area contributed by atoms with Crippen LogP contribution < -0.4 is 5.32 Å². The number of nitrogens with one attached hydrogen (secondary N) is 1. The van der Waals surface area contributed by atoms with Gasteiger partial charge in [0, 0.05) is 31.2 Å². The summed E-state index contributed by atoms with van der Waals surface area (Å²) in [6.45, 7) is 0.386. The third kappa shape index (κ3) is 4.59. The Morgan fingerprint density at radius 1 is 1.18 bits per heavy atom. The van der Waals surface area contributed by atoms with E-state index in [9.17, 15) is 4.79 Å². The number of hydrogen-bond donors (Lipinski definition) is 2. The summed E-state index contributed by atoms with van der Waals surface area (Å²) in [6.07, 6.45) is 3.18.